The fourth-order valence-electron chi connectivity index (χ4n) is 0.897. The van der Waals surface area contributed by atoms with Gasteiger partial charge in [-0.3, -0.25) is 0 Å². The number of nitrogens with zero attached hydrogens (tertiary/aromatic N) is 1. The molecule has 0 spiro atoms. The first-order valence-corrected chi connectivity index (χ1v) is 5.52. The standard InChI is InChI=1S/C10H11BrClNO2/c1-10(2,3)15-9(14)6-4-5-7(12)13-8(6)11/h4-5H,1-3H3. The van der Waals surface area contributed by atoms with Crippen molar-refractivity contribution in [2.24, 2.45) is 0 Å². The summed E-state index contributed by atoms with van der Waals surface area (Å²) in [6.07, 6.45) is 0. The van der Waals surface area contributed by atoms with E-state index in [9.17, 15) is 4.79 Å². The molecule has 0 aromatic carbocycles. The molecular weight excluding hydrogens is 281 g/mol. The Labute approximate surface area is 102 Å². The van der Waals surface area contributed by atoms with Crippen molar-refractivity contribution in [3.63, 3.8) is 0 Å². The van der Waals surface area contributed by atoms with Crippen LogP contribution >= 0.6 is 27.5 Å². The normalized spacial score (nSPS) is 11.3. The molecule has 0 aliphatic carbocycles. The van der Waals surface area contributed by atoms with Crippen molar-refractivity contribution < 1.29 is 9.53 Å². The van der Waals surface area contributed by atoms with Crippen LogP contribution in [-0.2, 0) is 4.74 Å². The van der Waals surface area contributed by atoms with Crippen LogP contribution in [0.5, 0.6) is 0 Å². The van der Waals surface area contributed by atoms with E-state index in [1.165, 1.54) is 0 Å². The molecule has 0 fully saturated rings. The third kappa shape index (κ3) is 3.80. The Morgan fingerprint density at radius 1 is 1.47 bits per heavy atom. The number of pyridine rings is 1. The van der Waals surface area contributed by atoms with Crippen LogP contribution in [0.3, 0.4) is 0 Å². The molecule has 0 aliphatic heterocycles. The highest BCUT2D eigenvalue weighted by Crippen LogP contribution is 2.20. The molecule has 0 radical (unpaired) electrons. The minimum atomic E-state index is -0.518. The van der Waals surface area contributed by atoms with Crippen LogP contribution in [0.15, 0.2) is 16.7 Å². The van der Waals surface area contributed by atoms with Crippen LogP contribution in [0.2, 0.25) is 5.15 Å². The summed E-state index contributed by atoms with van der Waals surface area (Å²) in [5.41, 5.74) is -0.148. The minimum Gasteiger partial charge on any atom is -0.456 e. The quantitative estimate of drug-likeness (QED) is 0.588. The topological polar surface area (TPSA) is 39.2 Å². The molecule has 0 bridgehead atoms. The lowest BCUT2D eigenvalue weighted by atomic mass is 10.2. The molecule has 3 nitrogen and oxygen atoms in total. The van der Waals surface area contributed by atoms with Gasteiger partial charge < -0.3 is 4.74 Å². The number of rotatable bonds is 1. The number of ether oxygens (including phenoxy) is 1. The highest BCUT2D eigenvalue weighted by molar-refractivity contribution is 9.10. The average Bonchev–Trinajstić information content (AvgIpc) is 1.99. The van der Waals surface area contributed by atoms with Gasteiger partial charge in [-0.15, -0.1) is 0 Å². The van der Waals surface area contributed by atoms with Crippen LogP contribution < -0.4 is 0 Å². The molecule has 1 aromatic heterocycles. The number of hydrogen-bond acceptors (Lipinski definition) is 3. The van der Waals surface area contributed by atoms with E-state index < -0.39 is 11.6 Å². The highest BCUT2D eigenvalue weighted by Gasteiger charge is 2.20. The Kier molecular flexibility index (Phi) is 3.73. The van der Waals surface area contributed by atoms with Gasteiger partial charge >= 0.3 is 5.97 Å². The molecule has 1 aromatic rings. The maximum Gasteiger partial charge on any atom is 0.341 e. The first-order valence-electron chi connectivity index (χ1n) is 4.35. The van der Waals surface area contributed by atoms with Crippen molar-refractivity contribution in [3.8, 4) is 0 Å². The van der Waals surface area contributed by atoms with Gasteiger partial charge in [-0.1, -0.05) is 11.6 Å². The van der Waals surface area contributed by atoms with E-state index in [0.29, 0.717) is 15.3 Å². The molecule has 0 saturated heterocycles. The second-order valence-electron chi connectivity index (χ2n) is 3.97. The van der Waals surface area contributed by atoms with E-state index in [-0.39, 0.29) is 0 Å². The zero-order valence-electron chi connectivity index (χ0n) is 8.67. The summed E-state index contributed by atoms with van der Waals surface area (Å²) >= 11 is 8.82. The Hall–Kier alpha value is -0.610. The van der Waals surface area contributed by atoms with Gasteiger partial charge in [-0.25, -0.2) is 9.78 Å². The van der Waals surface area contributed by atoms with Crippen LogP contribution in [-0.4, -0.2) is 16.6 Å². The maximum absolute atomic E-state index is 11.7. The zero-order valence-corrected chi connectivity index (χ0v) is 11.0. The van der Waals surface area contributed by atoms with Gasteiger partial charge in [0.25, 0.3) is 0 Å². The van der Waals surface area contributed by atoms with Crippen molar-refractivity contribution in [3.05, 3.63) is 27.5 Å². The Balaban J connectivity index is 2.92. The molecule has 0 amide bonds. The number of carbonyl (C=O) groups is 1. The molecule has 0 aliphatic rings. The molecule has 82 valence electrons. The number of aromatic nitrogens is 1. The largest absolute Gasteiger partial charge is 0.456 e. The predicted molar refractivity (Wildman–Crippen MR) is 62.1 cm³/mol. The summed E-state index contributed by atoms with van der Waals surface area (Å²) in [7, 11) is 0. The van der Waals surface area contributed by atoms with E-state index in [1.807, 2.05) is 20.8 Å². The van der Waals surface area contributed by atoms with Crippen molar-refractivity contribution >= 4 is 33.5 Å². The third-order valence-electron chi connectivity index (χ3n) is 1.43. The summed E-state index contributed by atoms with van der Waals surface area (Å²) in [5, 5.41) is 0.328. The van der Waals surface area contributed by atoms with Crippen LogP contribution in [0, 0.1) is 0 Å². The van der Waals surface area contributed by atoms with E-state index in [2.05, 4.69) is 20.9 Å². The van der Waals surface area contributed by atoms with Crippen molar-refractivity contribution in [2.75, 3.05) is 0 Å². The van der Waals surface area contributed by atoms with Crippen LogP contribution in [0.1, 0.15) is 31.1 Å². The van der Waals surface area contributed by atoms with E-state index in [4.69, 9.17) is 16.3 Å². The molecule has 0 atom stereocenters. The molecular formula is C10H11BrClNO2. The fraction of sp³-hybridized carbons (Fsp3) is 0.400. The second kappa shape index (κ2) is 4.49. The number of hydrogen-bond donors (Lipinski definition) is 0. The van der Waals surface area contributed by atoms with Crippen LogP contribution in [0.4, 0.5) is 0 Å². The molecule has 0 unspecified atom stereocenters. The van der Waals surface area contributed by atoms with E-state index in [0.717, 1.165) is 0 Å². The van der Waals surface area contributed by atoms with Gasteiger partial charge in [-0.05, 0) is 48.8 Å². The van der Waals surface area contributed by atoms with Gasteiger partial charge in [-0.2, -0.15) is 0 Å². The first-order chi connectivity index (χ1) is 6.79. The number of carbonyl (C=O) groups excluding carboxylic acids is 1. The van der Waals surface area contributed by atoms with Crippen molar-refractivity contribution in [1.82, 2.24) is 4.98 Å². The van der Waals surface area contributed by atoms with Gasteiger partial charge in [0.05, 0.1) is 5.56 Å². The Morgan fingerprint density at radius 3 is 2.53 bits per heavy atom. The highest BCUT2D eigenvalue weighted by atomic mass is 79.9. The predicted octanol–water partition coefficient (Wildman–Crippen LogP) is 3.45. The number of halogens is 2. The number of esters is 1. The van der Waals surface area contributed by atoms with Crippen molar-refractivity contribution in [2.45, 2.75) is 26.4 Å². The zero-order chi connectivity index (χ0) is 11.6. The smallest absolute Gasteiger partial charge is 0.341 e. The summed E-state index contributed by atoms with van der Waals surface area (Å²) in [5.74, 6) is -0.418. The molecule has 0 saturated carbocycles. The average molecular weight is 293 g/mol. The lowest BCUT2D eigenvalue weighted by Gasteiger charge is -2.19. The minimum absolute atomic E-state index is 0.328. The van der Waals surface area contributed by atoms with Gasteiger partial charge in [0, 0.05) is 0 Å². The maximum atomic E-state index is 11.7. The lowest BCUT2D eigenvalue weighted by molar-refractivity contribution is 0.00680. The van der Waals surface area contributed by atoms with Crippen molar-refractivity contribution in [1.29, 1.82) is 0 Å². The van der Waals surface area contributed by atoms with E-state index in [1.54, 1.807) is 12.1 Å². The summed E-state index contributed by atoms with van der Waals surface area (Å²) in [4.78, 5) is 15.6. The van der Waals surface area contributed by atoms with Gasteiger partial charge in [0.1, 0.15) is 15.4 Å². The second-order valence-corrected chi connectivity index (χ2v) is 5.11. The fourth-order valence-corrected chi connectivity index (χ4v) is 1.63. The molecule has 5 heteroatoms. The summed E-state index contributed by atoms with van der Waals surface area (Å²) < 4.78 is 5.59. The lowest BCUT2D eigenvalue weighted by Crippen LogP contribution is -2.24. The first kappa shape index (κ1) is 12.5. The Morgan fingerprint density at radius 2 is 2.07 bits per heavy atom. The molecule has 1 heterocycles. The van der Waals surface area contributed by atoms with Gasteiger partial charge in [0.15, 0.2) is 0 Å². The van der Waals surface area contributed by atoms with Crippen LogP contribution in [0.25, 0.3) is 0 Å². The summed E-state index contributed by atoms with van der Waals surface area (Å²) in [6.45, 7) is 5.42. The third-order valence-corrected chi connectivity index (χ3v) is 2.25. The molecule has 0 N–H and O–H groups in total. The monoisotopic (exact) mass is 291 g/mol. The summed E-state index contributed by atoms with van der Waals surface area (Å²) in [6, 6.07) is 3.12. The SMILES string of the molecule is CC(C)(C)OC(=O)c1ccc(Cl)nc1Br. The molecule has 15 heavy (non-hydrogen) atoms. The Bertz CT molecular complexity index is 387. The van der Waals surface area contributed by atoms with E-state index >= 15 is 0 Å². The molecule has 1 rings (SSSR count). The van der Waals surface area contributed by atoms with Gasteiger partial charge in [0.2, 0.25) is 0 Å².